The van der Waals surface area contributed by atoms with Crippen LogP contribution in [0.15, 0.2) is 48.5 Å². The van der Waals surface area contributed by atoms with Crippen LogP contribution in [0.1, 0.15) is 50.4 Å². The number of benzene rings is 2. The molecule has 0 saturated carbocycles. The predicted octanol–water partition coefficient (Wildman–Crippen LogP) is 4.71. The molecule has 1 heterocycles. The molecule has 0 aliphatic carbocycles. The van der Waals surface area contributed by atoms with Crippen molar-refractivity contribution < 1.29 is 14.3 Å². The summed E-state index contributed by atoms with van der Waals surface area (Å²) >= 11 is 0. The summed E-state index contributed by atoms with van der Waals surface area (Å²) in [7, 11) is 1.52. The molecular weight excluding hydrogens is 402 g/mol. The van der Waals surface area contributed by atoms with Crippen LogP contribution < -0.4 is 10.1 Å². The Kier molecular flexibility index (Phi) is 9.11. The number of rotatable bonds is 13. The summed E-state index contributed by atoms with van der Waals surface area (Å²) in [5.41, 5.74) is 3.51. The van der Waals surface area contributed by atoms with Gasteiger partial charge in [-0.05, 0) is 55.0 Å². The molecule has 6 heteroatoms. The molecule has 1 aromatic heterocycles. The van der Waals surface area contributed by atoms with Crippen LogP contribution in [0, 0.1) is 0 Å². The lowest BCUT2D eigenvalue weighted by molar-refractivity contribution is -0.124. The van der Waals surface area contributed by atoms with Gasteiger partial charge in [0, 0.05) is 26.6 Å². The molecule has 0 spiro atoms. The summed E-state index contributed by atoms with van der Waals surface area (Å²) in [6.07, 6.45) is 3.65. The third-order valence-electron chi connectivity index (χ3n) is 5.50. The van der Waals surface area contributed by atoms with Gasteiger partial charge in [-0.3, -0.25) is 4.79 Å². The third kappa shape index (κ3) is 6.82. The number of amides is 1. The Morgan fingerprint density at radius 1 is 1.06 bits per heavy atom. The van der Waals surface area contributed by atoms with Crippen molar-refractivity contribution >= 4 is 16.9 Å². The molecule has 172 valence electrons. The predicted molar refractivity (Wildman–Crippen MR) is 128 cm³/mol. The average molecular weight is 438 g/mol. The van der Waals surface area contributed by atoms with Gasteiger partial charge in [0.25, 0.3) is 0 Å². The zero-order chi connectivity index (χ0) is 22.8. The summed E-state index contributed by atoms with van der Waals surface area (Å²) < 4.78 is 13.1. The van der Waals surface area contributed by atoms with Gasteiger partial charge >= 0.3 is 0 Å². The monoisotopic (exact) mass is 437 g/mol. The minimum Gasteiger partial charge on any atom is -0.494 e. The van der Waals surface area contributed by atoms with Gasteiger partial charge in [0.05, 0.1) is 17.6 Å². The normalized spacial score (nSPS) is 11.2. The number of carbonyl (C=O) groups is 1. The number of methoxy groups -OCH3 is 1. The van der Waals surface area contributed by atoms with Gasteiger partial charge in [-0.2, -0.15) is 0 Å². The number of fused-ring (bicyclic) bond motifs is 1. The third-order valence-corrected chi connectivity index (χ3v) is 5.50. The van der Waals surface area contributed by atoms with E-state index < -0.39 is 0 Å². The van der Waals surface area contributed by atoms with Gasteiger partial charge in [0.15, 0.2) is 0 Å². The maximum absolute atomic E-state index is 11.5. The maximum Gasteiger partial charge on any atom is 0.245 e. The Labute approximate surface area is 190 Å². The smallest absolute Gasteiger partial charge is 0.245 e. The number of aryl methyl sites for hydroxylation is 2. The van der Waals surface area contributed by atoms with E-state index in [-0.39, 0.29) is 12.5 Å². The molecular formula is C26H35N3O3. The van der Waals surface area contributed by atoms with Crippen molar-refractivity contribution in [3.8, 4) is 5.75 Å². The molecule has 1 N–H and O–H groups in total. The molecule has 0 radical (unpaired) electrons. The molecule has 3 rings (SSSR count). The number of para-hydroxylation sites is 2. The summed E-state index contributed by atoms with van der Waals surface area (Å²) in [4.78, 5) is 16.4. The largest absolute Gasteiger partial charge is 0.494 e. The van der Waals surface area contributed by atoms with Crippen LogP contribution in [0.25, 0.3) is 11.0 Å². The fourth-order valence-corrected chi connectivity index (χ4v) is 3.73. The fraction of sp³-hybridized carbons (Fsp3) is 0.462. The Bertz CT molecular complexity index is 980. The van der Waals surface area contributed by atoms with Gasteiger partial charge < -0.3 is 19.4 Å². The topological polar surface area (TPSA) is 65.4 Å². The number of carbonyl (C=O) groups excluding carboxylic acids is 1. The van der Waals surface area contributed by atoms with Crippen LogP contribution in [-0.4, -0.2) is 42.3 Å². The van der Waals surface area contributed by atoms with Crippen molar-refractivity contribution in [2.75, 3.05) is 26.9 Å². The first-order valence-electron chi connectivity index (χ1n) is 11.5. The van der Waals surface area contributed by atoms with Crippen LogP contribution in [0.2, 0.25) is 0 Å². The molecule has 1 amide bonds. The summed E-state index contributed by atoms with van der Waals surface area (Å²) in [6, 6.07) is 16.7. The van der Waals surface area contributed by atoms with E-state index in [1.807, 2.05) is 6.07 Å². The van der Waals surface area contributed by atoms with E-state index in [0.29, 0.717) is 19.1 Å². The first-order chi connectivity index (χ1) is 15.6. The van der Waals surface area contributed by atoms with Gasteiger partial charge in [-0.1, -0.05) is 38.1 Å². The summed E-state index contributed by atoms with van der Waals surface area (Å²) in [6.45, 7) is 6.72. The zero-order valence-corrected chi connectivity index (χ0v) is 19.5. The first kappa shape index (κ1) is 23.8. The number of unbranched alkanes of at least 4 members (excludes halogenated alkanes) is 1. The minimum atomic E-state index is -0.0835. The lowest BCUT2D eigenvalue weighted by atomic mass is 10.0. The van der Waals surface area contributed by atoms with Crippen LogP contribution >= 0.6 is 0 Å². The van der Waals surface area contributed by atoms with Crippen molar-refractivity contribution in [2.24, 2.45) is 0 Å². The molecule has 0 aliphatic rings. The van der Waals surface area contributed by atoms with E-state index in [1.54, 1.807) is 0 Å². The Morgan fingerprint density at radius 3 is 2.59 bits per heavy atom. The maximum atomic E-state index is 11.5. The van der Waals surface area contributed by atoms with Crippen molar-refractivity contribution in [1.82, 2.24) is 14.9 Å². The van der Waals surface area contributed by atoms with Crippen molar-refractivity contribution in [3.05, 3.63) is 59.9 Å². The van der Waals surface area contributed by atoms with Gasteiger partial charge in [-0.15, -0.1) is 0 Å². The van der Waals surface area contributed by atoms with Crippen LogP contribution in [0.3, 0.4) is 0 Å². The Hall–Kier alpha value is -2.86. The Morgan fingerprint density at radius 2 is 1.84 bits per heavy atom. The lowest BCUT2D eigenvalue weighted by Gasteiger charge is -2.11. The minimum absolute atomic E-state index is 0.0835. The van der Waals surface area contributed by atoms with Gasteiger partial charge in [0.2, 0.25) is 5.91 Å². The standard InChI is InChI=1S/C26H35N3O3/c1-20(2)21-12-14-22(15-13-21)32-18-7-6-17-29-24-10-5-4-9-23(24)28-25(29)11-8-16-27-26(30)19-31-3/h4-5,9-10,12-15,20H,6-8,11,16-19H2,1-3H3,(H,27,30). The number of nitrogens with one attached hydrogen (secondary N) is 1. The van der Waals surface area contributed by atoms with Crippen LogP contribution in [-0.2, 0) is 22.5 Å². The number of nitrogens with zero attached hydrogens (tertiary/aromatic N) is 2. The van der Waals surface area contributed by atoms with Crippen LogP contribution in [0.4, 0.5) is 0 Å². The van der Waals surface area contributed by atoms with E-state index in [1.165, 1.54) is 12.7 Å². The molecule has 2 aromatic carbocycles. The first-order valence-corrected chi connectivity index (χ1v) is 11.5. The molecule has 3 aromatic rings. The second kappa shape index (κ2) is 12.2. The SMILES string of the molecule is COCC(=O)NCCCc1nc2ccccc2n1CCCCOc1ccc(C(C)C)cc1. The van der Waals surface area contributed by atoms with Crippen molar-refractivity contribution in [1.29, 1.82) is 0 Å². The van der Waals surface area contributed by atoms with Crippen LogP contribution in [0.5, 0.6) is 5.75 Å². The molecule has 6 nitrogen and oxygen atoms in total. The number of ether oxygens (including phenoxy) is 2. The lowest BCUT2D eigenvalue weighted by Crippen LogP contribution is -2.28. The molecule has 0 atom stereocenters. The van der Waals surface area contributed by atoms with E-state index >= 15 is 0 Å². The quantitative estimate of drug-likeness (QED) is 0.393. The van der Waals surface area contributed by atoms with Crippen molar-refractivity contribution in [2.45, 2.75) is 52.0 Å². The number of imidazole rings is 1. The average Bonchev–Trinajstić information content (AvgIpc) is 3.14. The van der Waals surface area contributed by atoms with Crippen molar-refractivity contribution in [3.63, 3.8) is 0 Å². The number of hydrogen-bond acceptors (Lipinski definition) is 4. The highest BCUT2D eigenvalue weighted by Gasteiger charge is 2.10. The molecule has 0 unspecified atom stereocenters. The van der Waals surface area contributed by atoms with Gasteiger partial charge in [-0.25, -0.2) is 4.98 Å². The summed E-state index contributed by atoms with van der Waals surface area (Å²) in [5, 5.41) is 2.87. The molecule has 0 fully saturated rings. The van der Waals surface area contributed by atoms with E-state index in [9.17, 15) is 4.79 Å². The molecule has 0 saturated heterocycles. The molecule has 32 heavy (non-hydrogen) atoms. The number of aromatic nitrogens is 2. The second-order valence-electron chi connectivity index (χ2n) is 8.33. The van der Waals surface area contributed by atoms with E-state index in [4.69, 9.17) is 14.5 Å². The molecule has 0 aliphatic heterocycles. The Balaban J connectivity index is 1.49. The highest BCUT2D eigenvalue weighted by molar-refractivity contribution is 5.77. The number of hydrogen-bond donors (Lipinski definition) is 1. The van der Waals surface area contributed by atoms with Gasteiger partial charge in [0.1, 0.15) is 18.2 Å². The highest BCUT2D eigenvalue weighted by atomic mass is 16.5. The second-order valence-corrected chi connectivity index (χ2v) is 8.33. The molecule has 0 bridgehead atoms. The summed E-state index contributed by atoms with van der Waals surface area (Å²) in [5.74, 6) is 2.45. The van der Waals surface area contributed by atoms with E-state index in [2.05, 4.69) is 66.2 Å². The van der Waals surface area contributed by atoms with E-state index in [0.717, 1.165) is 54.8 Å². The fourth-order valence-electron chi connectivity index (χ4n) is 3.73. The zero-order valence-electron chi connectivity index (χ0n) is 19.5. The highest BCUT2D eigenvalue weighted by Crippen LogP contribution is 2.20.